The molecule has 0 aromatic heterocycles. The summed E-state index contributed by atoms with van der Waals surface area (Å²) < 4.78 is 11.1. The number of nitrogens with zero attached hydrogens (tertiary/aromatic N) is 1. The summed E-state index contributed by atoms with van der Waals surface area (Å²) in [5.74, 6) is 0.0731. The van der Waals surface area contributed by atoms with Crippen LogP contribution in [0.25, 0.3) is 0 Å². The molecule has 3 aromatic rings. The second kappa shape index (κ2) is 10.4. The summed E-state index contributed by atoms with van der Waals surface area (Å²) in [4.78, 5) is 34.5. The van der Waals surface area contributed by atoms with Crippen LogP contribution in [0.2, 0.25) is 0 Å². The van der Waals surface area contributed by atoms with E-state index in [2.05, 4.69) is 10.9 Å². The molecule has 3 rings (SSSR count). The Kier molecular flexibility index (Phi) is 7.15. The number of para-hydroxylation sites is 1. The number of amides is 2. The van der Waals surface area contributed by atoms with Crippen molar-refractivity contribution in [3.05, 3.63) is 100 Å². The maximum atomic E-state index is 12.3. The predicted octanol–water partition coefficient (Wildman–Crippen LogP) is 3.13. The Morgan fingerprint density at radius 2 is 1.32 bits per heavy atom. The first-order valence-electron chi connectivity index (χ1n) is 9.29. The van der Waals surface area contributed by atoms with Gasteiger partial charge in [0.25, 0.3) is 17.5 Å². The molecule has 0 bridgehead atoms. The zero-order valence-electron chi connectivity index (χ0n) is 16.3. The number of hydrazine groups is 1. The number of non-ortho nitro benzene ring substituents is 1. The number of nitro benzene ring substituents is 1. The second-order valence-corrected chi connectivity index (χ2v) is 6.25. The molecule has 0 saturated carbocycles. The van der Waals surface area contributed by atoms with Gasteiger partial charge in [-0.15, -0.1) is 0 Å². The van der Waals surface area contributed by atoms with Crippen LogP contribution in [-0.4, -0.2) is 30.0 Å². The van der Waals surface area contributed by atoms with Crippen LogP contribution < -0.4 is 20.3 Å². The van der Waals surface area contributed by atoms with Gasteiger partial charge in [0, 0.05) is 23.3 Å². The van der Waals surface area contributed by atoms with Gasteiger partial charge in [0.15, 0.2) is 0 Å². The summed E-state index contributed by atoms with van der Waals surface area (Å²) in [7, 11) is 0. The van der Waals surface area contributed by atoms with E-state index in [1.807, 2.05) is 30.3 Å². The Morgan fingerprint density at radius 1 is 0.742 bits per heavy atom. The number of hydrogen-bond acceptors (Lipinski definition) is 6. The molecule has 9 nitrogen and oxygen atoms in total. The molecule has 0 aliphatic carbocycles. The van der Waals surface area contributed by atoms with Crippen molar-refractivity contribution in [2.24, 2.45) is 0 Å². The quantitative estimate of drug-likeness (QED) is 0.328. The van der Waals surface area contributed by atoms with E-state index in [9.17, 15) is 19.7 Å². The predicted molar refractivity (Wildman–Crippen MR) is 112 cm³/mol. The lowest BCUT2D eigenvalue weighted by Gasteiger charge is -2.10. The first-order chi connectivity index (χ1) is 15.0. The van der Waals surface area contributed by atoms with Crippen LogP contribution in [0.1, 0.15) is 20.7 Å². The average Bonchev–Trinajstić information content (AvgIpc) is 2.81. The molecule has 0 heterocycles. The summed E-state index contributed by atoms with van der Waals surface area (Å²) in [6.07, 6.45) is 0. The summed E-state index contributed by atoms with van der Waals surface area (Å²) >= 11 is 0. The summed E-state index contributed by atoms with van der Waals surface area (Å²) in [5.41, 5.74) is 4.88. The zero-order valence-corrected chi connectivity index (χ0v) is 16.3. The molecule has 0 saturated heterocycles. The molecule has 0 atom stereocenters. The molecule has 0 unspecified atom stereocenters. The molecule has 0 fully saturated rings. The number of ether oxygens (including phenoxy) is 2. The van der Waals surface area contributed by atoms with Crippen LogP contribution in [0.5, 0.6) is 11.5 Å². The van der Waals surface area contributed by atoms with Gasteiger partial charge in [0.2, 0.25) is 0 Å². The molecular formula is C22H19N3O6. The number of carbonyl (C=O) groups excluding carboxylic acids is 2. The molecule has 0 spiro atoms. The Hall–Kier alpha value is -4.40. The van der Waals surface area contributed by atoms with E-state index >= 15 is 0 Å². The van der Waals surface area contributed by atoms with Crippen LogP contribution in [0.15, 0.2) is 78.9 Å². The minimum absolute atomic E-state index is 0.133. The molecule has 2 amide bonds. The third-order valence-corrected chi connectivity index (χ3v) is 4.09. The van der Waals surface area contributed by atoms with E-state index in [-0.39, 0.29) is 23.4 Å². The monoisotopic (exact) mass is 421 g/mol. The van der Waals surface area contributed by atoms with Crippen LogP contribution in [0.4, 0.5) is 5.69 Å². The van der Waals surface area contributed by atoms with Crippen LogP contribution in [-0.2, 0) is 0 Å². The van der Waals surface area contributed by atoms with Crippen molar-refractivity contribution < 1.29 is 24.0 Å². The maximum Gasteiger partial charge on any atom is 0.269 e. The number of carbonyl (C=O) groups is 2. The molecular weight excluding hydrogens is 402 g/mol. The highest BCUT2D eigenvalue weighted by Gasteiger charge is 2.12. The van der Waals surface area contributed by atoms with Crippen LogP contribution in [0, 0.1) is 10.1 Å². The minimum atomic E-state index is -0.603. The van der Waals surface area contributed by atoms with Gasteiger partial charge in [-0.1, -0.05) is 24.3 Å². The van der Waals surface area contributed by atoms with Gasteiger partial charge in [-0.2, -0.15) is 0 Å². The second-order valence-electron chi connectivity index (χ2n) is 6.25. The van der Waals surface area contributed by atoms with Gasteiger partial charge < -0.3 is 9.47 Å². The molecule has 9 heteroatoms. The SMILES string of the molecule is O=C(NNC(=O)c1cccc(OCCOc2ccccc2)c1)c1ccc([N+](=O)[O-])cc1. The molecule has 3 aromatic carbocycles. The summed E-state index contributed by atoms with van der Waals surface area (Å²) in [5, 5.41) is 10.7. The molecule has 0 aliphatic heterocycles. The summed E-state index contributed by atoms with van der Waals surface area (Å²) in [6.45, 7) is 0.628. The third-order valence-electron chi connectivity index (χ3n) is 4.09. The van der Waals surface area contributed by atoms with Crippen LogP contribution in [0.3, 0.4) is 0 Å². The normalized spacial score (nSPS) is 10.1. The largest absolute Gasteiger partial charge is 0.490 e. The fraction of sp³-hybridized carbons (Fsp3) is 0.0909. The van der Waals surface area contributed by atoms with Crippen LogP contribution >= 0.6 is 0 Å². The number of nitrogens with one attached hydrogen (secondary N) is 2. The van der Waals surface area contributed by atoms with Gasteiger partial charge in [0.1, 0.15) is 24.7 Å². The van der Waals surface area contributed by atoms with Gasteiger partial charge in [-0.25, -0.2) is 0 Å². The van der Waals surface area contributed by atoms with E-state index in [0.717, 1.165) is 5.75 Å². The van der Waals surface area contributed by atoms with Crippen molar-refractivity contribution in [3.8, 4) is 11.5 Å². The standard InChI is InChI=1S/C22H19N3O6/c26-21(16-9-11-18(12-10-16)25(28)29)23-24-22(27)17-5-4-8-20(15-17)31-14-13-30-19-6-2-1-3-7-19/h1-12,15H,13-14H2,(H,23,26)(H,24,27). The Morgan fingerprint density at radius 3 is 1.97 bits per heavy atom. The lowest BCUT2D eigenvalue weighted by molar-refractivity contribution is -0.384. The van der Waals surface area contributed by atoms with E-state index < -0.39 is 16.7 Å². The average molecular weight is 421 g/mol. The minimum Gasteiger partial charge on any atom is -0.490 e. The van der Waals surface area contributed by atoms with Crippen molar-refractivity contribution in [2.45, 2.75) is 0 Å². The van der Waals surface area contributed by atoms with Gasteiger partial charge >= 0.3 is 0 Å². The molecule has 0 aliphatic rings. The number of hydrogen-bond donors (Lipinski definition) is 2. The van der Waals surface area contributed by atoms with E-state index in [1.165, 1.54) is 30.3 Å². The van der Waals surface area contributed by atoms with Crippen molar-refractivity contribution >= 4 is 17.5 Å². The topological polar surface area (TPSA) is 120 Å². The molecule has 31 heavy (non-hydrogen) atoms. The Bertz CT molecular complexity index is 1050. The van der Waals surface area contributed by atoms with Crippen molar-refractivity contribution in [1.29, 1.82) is 0 Å². The Balaban J connectivity index is 1.47. The lowest BCUT2D eigenvalue weighted by atomic mass is 10.2. The highest BCUT2D eigenvalue weighted by atomic mass is 16.6. The lowest BCUT2D eigenvalue weighted by Crippen LogP contribution is -2.41. The van der Waals surface area contributed by atoms with Crippen molar-refractivity contribution in [1.82, 2.24) is 10.9 Å². The van der Waals surface area contributed by atoms with E-state index in [4.69, 9.17) is 9.47 Å². The number of nitro groups is 1. The highest BCUT2D eigenvalue weighted by molar-refractivity contribution is 5.99. The fourth-order valence-electron chi connectivity index (χ4n) is 2.56. The third kappa shape index (κ3) is 6.29. The first-order valence-corrected chi connectivity index (χ1v) is 9.29. The smallest absolute Gasteiger partial charge is 0.269 e. The highest BCUT2D eigenvalue weighted by Crippen LogP contribution is 2.14. The number of rotatable bonds is 8. The van der Waals surface area contributed by atoms with E-state index in [1.54, 1.807) is 18.2 Å². The zero-order chi connectivity index (χ0) is 22.1. The van der Waals surface area contributed by atoms with Crippen molar-refractivity contribution in [3.63, 3.8) is 0 Å². The molecule has 158 valence electrons. The Labute approximate surface area is 177 Å². The van der Waals surface area contributed by atoms with Gasteiger partial charge in [-0.3, -0.25) is 30.6 Å². The maximum absolute atomic E-state index is 12.3. The van der Waals surface area contributed by atoms with Crippen molar-refractivity contribution in [2.75, 3.05) is 13.2 Å². The van der Waals surface area contributed by atoms with Gasteiger partial charge in [0.05, 0.1) is 4.92 Å². The summed E-state index contributed by atoms with van der Waals surface area (Å²) in [6, 6.07) is 20.8. The number of benzene rings is 3. The fourth-order valence-corrected chi connectivity index (χ4v) is 2.56. The van der Waals surface area contributed by atoms with E-state index in [0.29, 0.717) is 12.4 Å². The molecule has 0 radical (unpaired) electrons. The van der Waals surface area contributed by atoms with Gasteiger partial charge in [-0.05, 0) is 42.5 Å². The first kappa shape index (κ1) is 21.3. The molecule has 2 N–H and O–H groups in total.